The summed E-state index contributed by atoms with van der Waals surface area (Å²) < 4.78 is 6.04. The molecule has 2 aromatic rings. The SMILES string of the molecule is CNC(c1ccc(C)cc1C)C(C)Oc1cccc(Cl)c1. The second-order valence-corrected chi connectivity index (χ2v) is 5.84. The van der Waals surface area contributed by atoms with Gasteiger partial charge in [-0.3, -0.25) is 0 Å². The predicted octanol–water partition coefficient (Wildman–Crippen LogP) is 4.68. The van der Waals surface area contributed by atoms with Gasteiger partial charge in [0.05, 0.1) is 6.04 Å². The minimum absolute atomic E-state index is 0.00475. The van der Waals surface area contributed by atoms with Crippen LogP contribution in [-0.2, 0) is 0 Å². The van der Waals surface area contributed by atoms with Crippen molar-refractivity contribution in [2.45, 2.75) is 32.9 Å². The first-order chi connectivity index (χ1) is 10.0. The van der Waals surface area contributed by atoms with E-state index in [-0.39, 0.29) is 12.1 Å². The summed E-state index contributed by atoms with van der Waals surface area (Å²) in [5.41, 5.74) is 3.81. The summed E-state index contributed by atoms with van der Waals surface area (Å²) in [5.74, 6) is 0.792. The average molecular weight is 304 g/mol. The number of benzene rings is 2. The number of aryl methyl sites for hydroxylation is 2. The normalized spacial score (nSPS) is 13.8. The number of hydrogen-bond donors (Lipinski definition) is 1. The van der Waals surface area contributed by atoms with Gasteiger partial charge in [0, 0.05) is 5.02 Å². The van der Waals surface area contributed by atoms with Gasteiger partial charge in [0.1, 0.15) is 11.9 Å². The van der Waals surface area contributed by atoms with Crippen molar-refractivity contribution >= 4 is 11.6 Å². The van der Waals surface area contributed by atoms with Crippen LogP contribution in [0.2, 0.25) is 5.02 Å². The first-order valence-electron chi connectivity index (χ1n) is 7.18. The van der Waals surface area contributed by atoms with E-state index < -0.39 is 0 Å². The van der Waals surface area contributed by atoms with E-state index in [4.69, 9.17) is 16.3 Å². The van der Waals surface area contributed by atoms with Crippen LogP contribution in [0.3, 0.4) is 0 Å². The molecular formula is C18H22ClNO. The van der Waals surface area contributed by atoms with Crippen LogP contribution in [0, 0.1) is 13.8 Å². The molecule has 0 saturated heterocycles. The lowest BCUT2D eigenvalue weighted by atomic mass is 9.96. The Kier molecular flexibility index (Phi) is 5.27. The zero-order valence-electron chi connectivity index (χ0n) is 13.0. The fourth-order valence-electron chi connectivity index (χ4n) is 2.64. The molecule has 0 aliphatic rings. The van der Waals surface area contributed by atoms with Crippen molar-refractivity contribution < 1.29 is 4.74 Å². The zero-order chi connectivity index (χ0) is 15.4. The van der Waals surface area contributed by atoms with Gasteiger partial charge in [0.15, 0.2) is 0 Å². The largest absolute Gasteiger partial charge is 0.489 e. The molecule has 0 amide bonds. The summed E-state index contributed by atoms with van der Waals surface area (Å²) in [4.78, 5) is 0. The van der Waals surface area contributed by atoms with Crippen LogP contribution in [0.1, 0.15) is 29.7 Å². The molecule has 2 aromatic carbocycles. The highest BCUT2D eigenvalue weighted by atomic mass is 35.5. The fourth-order valence-corrected chi connectivity index (χ4v) is 2.82. The summed E-state index contributed by atoms with van der Waals surface area (Å²) in [6, 6.07) is 14.1. The molecule has 21 heavy (non-hydrogen) atoms. The third kappa shape index (κ3) is 3.99. The van der Waals surface area contributed by atoms with E-state index in [1.807, 2.05) is 31.3 Å². The number of nitrogens with one attached hydrogen (secondary N) is 1. The Morgan fingerprint density at radius 3 is 2.48 bits per heavy atom. The van der Waals surface area contributed by atoms with Gasteiger partial charge < -0.3 is 10.1 Å². The van der Waals surface area contributed by atoms with E-state index in [0.717, 1.165) is 5.75 Å². The highest BCUT2D eigenvalue weighted by molar-refractivity contribution is 6.30. The monoisotopic (exact) mass is 303 g/mol. The number of likely N-dealkylation sites (N-methyl/N-ethyl adjacent to an activating group) is 1. The quantitative estimate of drug-likeness (QED) is 0.865. The van der Waals surface area contributed by atoms with E-state index in [9.17, 15) is 0 Å². The van der Waals surface area contributed by atoms with Gasteiger partial charge >= 0.3 is 0 Å². The second-order valence-electron chi connectivity index (χ2n) is 5.41. The Morgan fingerprint density at radius 1 is 1.10 bits per heavy atom. The third-order valence-corrected chi connectivity index (χ3v) is 3.89. The molecule has 0 saturated carbocycles. The van der Waals surface area contributed by atoms with E-state index in [2.05, 4.69) is 44.3 Å². The third-order valence-electron chi connectivity index (χ3n) is 3.66. The smallest absolute Gasteiger partial charge is 0.121 e. The lowest BCUT2D eigenvalue weighted by molar-refractivity contribution is 0.175. The number of rotatable bonds is 5. The maximum Gasteiger partial charge on any atom is 0.121 e. The van der Waals surface area contributed by atoms with E-state index in [1.54, 1.807) is 0 Å². The predicted molar refractivity (Wildman–Crippen MR) is 89.3 cm³/mol. The lowest BCUT2D eigenvalue weighted by Gasteiger charge is -2.26. The Bertz CT molecular complexity index is 612. The van der Waals surface area contributed by atoms with Crippen LogP contribution in [0.15, 0.2) is 42.5 Å². The Labute approximate surface area is 132 Å². The van der Waals surface area contributed by atoms with Crippen molar-refractivity contribution in [3.05, 3.63) is 64.2 Å². The van der Waals surface area contributed by atoms with Gasteiger partial charge in [-0.05, 0) is 57.1 Å². The minimum Gasteiger partial charge on any atom is -0.489 e. The first kappa shape index (κ1) is 15.9. The Balaban J connectivity index is 2.20. The standard InChI is InChI=1S/C18H22ClNO/c1-12-8-9-17(13(2)10-12)18(20-4)14(3)21-16-7-5-6-15(19)11-16/h5-11,14,18,20H,1-4H3. The van der Waals surface area contributed by atoms with Gasteiger partial charge in [-0.15, -0.1) is 0 Å². The molecule has 2 rings (SSSR count). The molecule has 0 aliphatic heterocycles. The van der Waals surface area contributed by atoms with E-state index >= 15 is 0 Å². The maximum absolute atomic E-state index is 6.04. The van der Waals surface area contributed by atoms with Crippen LogP contribution in [0.5, 0.6) is 5.75 Å². The highest BCUT2D eigenvalue weighted by Gasteiger charge is 2.21. The van der Waals surface area contributed by atoms with Crippen LogP contribution >= 0.6 is 11.6 Å². The lowest BCUT2D eigenvalue weighted by Crippen LogP contribution is -2.32. The molecule has 2 nitrogen and oxygen atoms in total. The molecule has 3 heteroatoms. The van der Waals surface area contributed by atoms with Crippen molar-refractivity contribution in [2.24, 2.45) is 0 Å². The molecule has 0 fully saturated rings. The molecule has 1 N–H and O–H groups in total. The molecular weight excluding hydrogens is 282 g/mol. The van der Waals surface area contributed by atoms with Crippen LogP contribution < -0.4 is 10.1 Å². The number of hydrogen-bond acceptors (Lipinski definition) is 2. The molecule has 2 unspecified atom stereocenters. The minimum atomic E-state index is -0.00475. The van der Waals surface area contributed by atoms with Crippen molar-refractivity contribution in [2.75, 3.05) is 7.05 Å². The molecule has 0 heterocycles. The Hall–Kier alpha value is -1.51. The number of ether oxygens (including phenoxy) is 1. The molecule has 0 bridgehead atoms. The zero-order valence-corrected chi connectivity index (χ0v) is 13.7. The molecule has 0 radical (unpaired) electrons. The second kappa shape index (κ2) is 6.97. The first-order valence-corrected chi connectivity index (χ1v) is 7.55. The van der Waals surface area contributed by atoms with Crippen molar-refractivity contribution in [3.63, 3.8) is 0 Å². The van der Waals surface area contributed by atoms with Gasteiger partial charge in [-0.1, -0.05) is 41.4 Å². The van der Waals surface area contributed by atoms with Gasteiger partial charge in [-0.25, -0.2) is 0 Å². The van der Waals surface area contributed by atoms with Crippen LogP contribution in [-0.4, -0.2) is 13.2 Å². The summed E-state index contributed by atoms with van der Waals surface area (Å²) in [6.07, 6.45) is -0.00475. The summed E-state index contributed by atoms with van der Waals surface area (Å²) in [7, 11) is 1.96. The van der Waals surface area contributed by atoms with E-state index in [1.165, 1.54) is 16.7 Å². The van der Waals surface area contributed by atoms with Crippen molar-refractivity contribution in [1.29, 1.82) is 0 Å². The van der Waals surface area contributed by atoms with Crippen molar-refractivity contribution in [1.82, 2.24) is 5.32 Å². The molecule has 0 aromatic heterocycles. The van der Waals surface area contributed by atoms with Gasteiger partial charge in [0.2, 0.25) is 0 Å². The fraction of sp³-hybridized carbons (Fsp3) is 0.333. The van der Waals surface area contributed by atoms with Crippen LogP contribution in [0.25, 0.3) is 0 Å². The summed E-state index contributed by atoms with van der Waals surface area (Å²) in [5, 5.41) is 4.04. The van der Waals surface area contributed by atoms with Crippen molar-refractivity contribution in [3.8, 4) is 5.75 Å². The van der Waals surface area contributed by atoms with E-state index in [0.29, 0.717) is 5.02 Å². The van der Waals surface area contributed by atoms with Gasteiger partial charge in [0.25, 0.3) is 0 Å². The molecule has 0 aliphatic carbocycles. The average Bonchev–Trinajstić information content (AvgIpc) is 2.42. The number of halogens is 1. The van der Waals surface area contributed by atoms with Crippen LogP contribution in [0.4, 0.5) is 0 Å². The highest BCUT2D eigenvalue weighted by Crippen LogP contribution is 2.26. The molecule has 2 atom stereocenters. The Morgan fingerprint density at radius 2 is 1.86 bits per heavy atom. The summed E-state index contributed by atoms with van der Waals surface area (Å²) in [6.45, 7) is 6.32. The molecule has 0 spiro atoms. The molecule has 112 valence electrons. The maximum atomic E-state index is 6.04. The summed E-state index contributed by atoms with van der Waals surface area (Å²) >= 11 is 6.01. The van der Waals surface area contributed by atoms with Gasteiger partial charge in [-0.2, -0.15) is 0 Å². The topological polar surface area (TPSA) is 21.3 Å².